The van der Waals surface area contributed by atoms with Crippen molar-refractivity contribution in [3.8, 4) is 0 Å². The summed E-state index contributed by atoms with van der Waals surface area (Å²) >= 11 is 3.51. The Morgan fingerprint density at radius 1 is 1.53 bits per heavy atom. The lowest BCUT2D eigenvalue weighted by Gasteiger charge is -2.19. The van der Waals surface area contributed by atoms with Crippen LogP contribution in [-0.2, 0) is 11.3 Å². The Kier molecular flexibility index (Phi) is 3.86. The fourth-order valence-electron chi connectivity index (χ4n) is 2.63. The summed E-state index contributed by atoms with van der Waals surface area (Å²) in [6, 6.07) is 4.05. The molecular weight excluding hydrogens is 306 g/mol. The zero-order chi connectivity index (χ0) is 13.2. The first-order valence-corrected chi connectivity index (χ1v) is 7.39. The summed E-state index contributed by atoms with van der Waals surface area (Å²) in [5, 5.41) is 0. The van der Waals surface area contributed by atoms with Gasteiger partial charge in [0.05, 0.1) is 18.5 Å². The van der Waals surface area contributed by atoms with Crippen molar-refractivity contribution in [1.29, 1.82) is 0 Å². The third-order valence-electron chi connectivity index (χ3n) is 3.57. The van der Waals surface area contributed by atoms with Crippen LogP contribution in [-0.4, -0.2) is 41.1 Å². The molecule has 1 fully saturated rings. The van der Waals surface area contributed by atoms with Gasteiger partial charge in [0.1, 0.15) is 5.65 Å². The van der Waals surface area contributed by atoms with E-state index in [1.165, 1.54) is 12.1 Å². The molecule has 1 aliphatic rings. The van der Waals surface area contributed by atoms with Crippen LogP contribution in [0, 0.1) is 5.92 Å². The molecule has 0 amide bonds. The maximum Gasteiger partial charge on any atom is 0.136 e. The van der Waals surface area contributed by atoms with Gasteiger partial charge in [-0.05, 0) is 47.4 Å². The van der Waals surface area contributed by atoms with Crippen LogP contribution in [0.4, 0.5) is 0 Å². The number of nitrogens with zero attached hydrogens (tertiary/aromatic N) is 3. The maximum atomic E-state index is 5.43. The summed E-state index contributed by atoms with van der Waals surface area (Å²) < 4.78 is 8.65. The molecule has 2 aromatic rings. The standard InChI is InChI=1S/C14H18BrN3O/c1-17(7-11-4-5-19-10-11)9-13-6-16-14-3-2-12(15)8-18(13)14/h2-3,6,8,11H,4-5,7,9-10H2,1H3/t11-/m1/s1. The molecule has 0 aromatic carbocycles. The number of hydrogen-bond donors (Lipinski definition) is 0. The molecule has 0 spiro atoms. The highest BCUT2D eigenvalue weighted by atomic mass is 79.9. The van der Waals surface area contributed by atoms with Crippen molar-refractivity contribution in [2.24, 2.45) is 5.92 Å². The number of ether oxygens (including phenoxy) is 1. The van der Waals surface area contributed by atoms with E-state index >= 15 is 0 Å². The fraction of sp³-hybridized carbons (Fsp3) is 0.500. The van der Waals surface area contributed by atoms with Gasteiger partial charge in [-0.2, -0.15) is 0 Å². The van der Waals surface area contributed by atoms with Crippen LogP contribution in [0.5, 0.6) is 0 Å². The highest BCUT2D eigenvalue weighted by molar-refractivity contribution is 9.10. The van der Waals surface area contributed by atoms with Gasteiger partial charge in [-0.1, -0.05) is 0 Å². The van der Waals surface area contributed by atoms with Crippen molar-refractivity contribution in [3.05, 3.63) is 34.7 Å². The number of aromatic nitrogens is 2. The average molecular weight is 324 g/mol. The van der Waals surface area contributed by atoms with E-state index < -0.39 is 0 Å². The Labute approximate surface area is 121 Å². The van der Waals surface area contributed by atoms with Crippen LogP contribution in [0.1, 0.15) is 12.1 Å². The molecule has 1 saturated heterocycles. The van der Waals surface area contributed by atoms with Crippen molar-refractivity contribution in [3.63, 3.8) is 0 Å². The highest BCUT2D eigenvalue weighted by Gasteiger charge is 2.18. The predicted octanol–water partition coefficient (Wildman–Crippen LogP) is 2.57. The summed E-state index contributed by atoms with van der Waals surface area (Å²) in [5.74, 6) is 0.677. The van der Waals surface area contributed by atoms with E-state index in [9.17, 15) is 0 Å². The van der Waals surface area contributed by atoms with Crippen LogP contribution in [0.2, 0.25) is 0 Å². The topological polar surface area (TPSA) is 29.8 Å². The number of hydrogen-bond acceptors (Lipinski definition) is 3. The Balaban J connectivity index is 1.71. The maximum absolute atomic E-state index is 5.43. The summed E-state index contributed by atoms with van der Waals surface area (Å²) in [5.41, 5.74) is 2.22. The van der Waals surface area contributed by atoms with E-state index in [0.717, 1.165) is 36.4 Å². The Morgan fingerprint density at radius 2 is 2.42 bits per heavy atom. The summed E-state index contributed by atoms with van der Waals surface area (Å²) in [6.07, 6.45) is 5.22. The molecule has 0 bridgehead atoms. The summed E-state index contributed by atoms with van der Waals surface area (Å²) in [6.45, 7) is 3.82. The minimum Gasteiger partial charge on any atom is -0.381 e. The Hall–Kier alpha value is -0.910. The first kappa shape index (κ1) is 13.1. The lowest BCUT2D eigenvalue weighted by Crippen LogP contribution is -2.26. The molecule has 1 atom stereocenters. The summed E-state index contributed by atoms with van der Waals surface area (Å²) in [4.78, 5) is 6.79. The van der Waals surface area contributed by atoms with E-state index in [1.54, 1.807) is 0 Å². The minimum absolute atomic E-state index is 0.677. The number of fused-ring (bicyclic) bond motifs is 1. The monoisotopic (exact) mass is 323 g/mol. The number of rotatable bonds is 4. The predicted molar refractivity (Wildman–Crippen MR) is 78.2 cm³/mol. The van der Waals surface area contributed by atoms with Crippen LogP contribution in [0.25, 0.3) is 5.65 Å². The number of halogens is 1. The lowest BCUT2D eigenvalue weighted by atomic mass is 10.1. The molecule has 0 saturated carbocycles. The Bertz CT molecular complexity index is 563. The second-order valence-corrected chi connectivity index (χ2v) is 6.17. The van der Waals surface area contributed by atoms with Gasteiger partial charge in [0.15, 0.2) is 0 Å². The van der Waals surface area contributed by atoms with Crippen LogP contribution < -0.4 is 0 Å². The number of pyridine rings is 1. The molecule has 3 rings (SSSR count). The molecule has 1 aliphatic heterocycles. The second-order valence-electron chi connectivity index (χ2n) is 5.25. The molecule has 5 heteroatoms. The van der Waals surface area contributed by atoms with Gasteiger partial charge < -0.3 is 14.0 Å². The summed E-state index contributed by atoms with van der Waals surface area (Å²) in [7, 11) is 2.16. The molecular formula is C14H18BrN3O. The molecule has 102 valence electrons. The first-order valence-electron chi connectivity index (χ1n) is 6.60. The molecule has 0 N–H and O–H groups in total. The zero-order valence-corrected chi connectivity index (χ0v) is 12.6. The van der Waals surface area contributed by atoms with Crippen molar-refractivity contribution in [2.75, 3.05) is 26.8 Å². The van der Waals surface area contributed by atoms with Gasteiger partial charge in [0.2, 0.25) is 0 Å². The first-order chi connectivity index (χ1) is 9.22. The van der Waals surface area contributed by atoms with Gasteiger partial charge in [0, 0.05) is 30.4 Å². The smallest absolute Gasteiger partial charge is 0.136 e. The van der Waals surface area contributed by atoms with Gasteiger partial charge >= 0.3 is 0 Å². The van der Waals surface area contributed by atoms with Crippen molar-refractivity contribution < 1.29 is 4.74 Å². The normalized spacial score (nSPS) is 19.6. The largest absolute Gasteiger partial charge is 0.381 e. The minimum atomic E-state index is 0.677. The molecule has 0 radical (unpaired) electrons. The van der Waals surface area contributed by atoms with Gasteiger partial charge in [0.25, 0.3) is 0 Å². The highest BCUT2D eigenvalue weighted by Crippen LogP contribution is 2.17. The van der Waals surface area contributed by atoms with Gasteiger partial charge in [-0.3, -0.25) is 0 Å². The third kappa shape index (κ3) is 2.99. The quantitative estimate of drug-likeness (QED) is 0.866. The van der Waals surface area contributed by atoms with Gasteiger partial charge in [-0.15, -0.1) is 0 Å². The van der Waals surface area contributed by atoms with E-state index in [1.807, 2.05) is 18.3 Å². The third-order valence-corrected chi connectivity index (χ3v) is 4.04. The fourth-order valence-corrected chi connectivity index (χ4v) is 2.97. The molecule has 19 heavy (non-hydrogen) atoms. The second kappa shape index (κ2) is 5.61. The molecule has 0 aliphatic carbocycles. The SMILES string of the molecule is CN(Cc1cnc2ccc(Br)cn12)C[C@H]1CCOC1. The molecule has 0 unspecified atom stereocenters. The molecule has 2 aromatic heterocycles. The van der Waals surface area contributed by atoms with E-state index in [-0.39, 0.29) is 0 Å². The molecule has 3 heterocycles. The zero-order valence-electron chi connectivity index (χ0n) is 11.1. The van der Waals surface area contributed by atoms with E-state index in [2.05, 4.69) is 43.5 Å². The van der Waals surface area contributed by atoms with Crippen LogP contribution in [0.15, 0.2) is 29.0 Å². The van der Waals surface area contributed by atoms with Crippen LogP contribution in [0.3, 0.4) is 0 Å². The van der Waals surface area contributed by atoms with E-state index in [4.69, 9.17) is 4.74 Å². The van der Waals surface area contributed by atoms with Gasteiger partial charge in [-0.25, -0.2) is 4.98 Å². The molecule has 4 nitrogen and oxygen atoms in total. The van der Waals surface area contributed by atoms with Crippen molar-refractivity contribution in [2.45, 2.75) is 13.0 Å². The van der Waals surface area contributed by atoms with Crippen LogP contribution >= 0.6 is 15.9 Å². The van der Waals surface area contributed by atoms with Crippen molar-refractivity contribution >= 4 is 21.6 Å². The van der Waals surface area contributed by atoms with E-state index in [0.29, 0.717) is 5.92 Å². The Morgan fingerprint density at radius 3 is 3.21 bits per heavy atom. The lowest BCUT2D eigenvalue weighted by molar-refractivity contribution is 0.172. The van der Waals surface area contributed by atoms with Crippen molar-refractivity contribution in [1.82, 2.24) is 14.3 Å². The average Bonchev–Trinajstić information content (AvgIpc) is 3.00. The number of imidazole rings is 1.